The molecule has 1 heterocycles. The molecule has 1 aliphatic heterocycles. The molecule has 0 aliphatic carbocycles. The molecule has 2 aromatic rings. The molecule has 0 atom stereocenters. The molecule has 28 heavy (non-hydrogen) atoms. The second kappa shape index (κ2) is 8.33. The van der Waals surface area contributed by atoms with Crippen molar-refractivity contribution in [2.45, 2.75) is 13.5 Å². The molecular weight excluding hydrogens is 373 g/mol. The zero-order valence-corrected chi connectivity index (χ0v) is 15.2. The highest BCUT2D eigenvalue weighted by atomic mass is 19.3. The predicted octanol–water partition coefficient (Wildman–Crippen LogP) is 3.33. The molecule has 0 unspecified atom stereocenters. The van der Waals surface area contributed by atoms with Crippen LogP contribution >= 0.6 is 0 Å². The second-order valence-corrected chi connectivity index (χ2v) is 6.42. The van der Waals surface area contributed by atoms with E-state index < -0.39 is 18.3 Å². The first kappa shape index (κ1) is 19.7. The summed E-state index contributed by atoms with van der Waals surface area (Å²) < 4.78 is 43.0. The van der Waals surface area contributed by atoms with Gasteiger partial charge < -0.3 is 14.5 Å². The van der Waals surface area contributed by atoms with Gasteiger partial charge in [-0.05, 0) is 36.8 Å². The van der Waals surface area contributed by atoms with Gasteiger partial charge in [-0.2, -0.15) is 8.78 Å². The van der Waals surface area contributed by atoms with Crippen LogP contribution in [0.4, 0.5) is 13.2 Å². The van der Waals surface area contributed by atoms with E-state index in [0.717, 1.165) is 0 Å². The van der Waals surface area contributed by atoms with Crippen LogP contribution < -0.4 is 4.74 Å². The summed E-state index contributed by atoms with van der Waals surface area (Å²) in [4.78, 5) is 28.4. The van der Waals surface area contributed by atoms with Crippen LogP contribution in [0.5, 0.6) is 5.75 Å². The highest BCUT2D eigenvalue weighted by Gasteiger charge is 2.28. The monoisotopic (exact) mass is 392 g/mol. The minimum atomic E-state index is -3.03. The van der Waals surface area contributed by atoms with Gasteiger partial charge in [0.1, 0.15) is 11.6 Å². The average molecular weight is 392 g/mol. The number of halogens is 3. The molecule has 0 bridgehead atoms. The number of hydrogen-bond donors (Lipinski definition) is 0. The lowest BCUT2D eigenvalue weighted by molar-refractivity contribution is -0.0503. The molecule has 1 saturated heterocycles. The van der Waals surface area contributed by atoms with Crippen LogP contribution in [0.3, 0.4) is 0 Å². The largest absolute Gasteiger partial charge is 0.434 e. The van der Waals surface area contributed by atoms with E-state index in [1.807, 2.05) is 0 Å². The molecule has 0 N–H and O–H groups in total. The minimum absolute atomic E-state index is 0.0450. The Labute approximate surface area is 160 Å². The fraction of sp³-hybridized carbons (Fsp3) is 0.300. The molecule has 2 aromatic carbocycles. The Hall–Kier alpha value is -3.03. The highest BCUT2D eigenvalue weighted by molar-refractivity contribution is 5.98. The van der Waals surface area contributed by atoms with Crippen molar-refractivity contribution in [3.63, 3.8) is 0 Å². The molecule has 0 aromatic heterocycles. The summed E-state index contributed by atoms with van der Waals surface area (Å²) in [5.74, 6) is -1.41. The lowest BCUT2D eigenvalue weighted by atomic mass is 10.1. The van der Waals surface area contributed by atoms with Gasteiger partial charge in [0.2, 0.25) is 0 Å². The maximum absolute atomic E-state index is 13.5. The van der Waals surface area contributed by atoms with Crippen molar-refractivity contribution in [1.82, 2.24) is 9.80 Å². The number of amides is 2. The average Bonchev–Trinajstić information content (AvgIpc) is 2.69. The van der Waals surface area contributed by atoms with Crippen LogP contribution in [0.2, 0.25) is 0 Å². The van der Waals surface area contributed by atoms with E-state index >= 15 is 0 Å². The Kier molecular flexibility index (Phi) is 5.87. The lowest BCUT2D eigenvalue weighted by Crippen LogP contribution is -2.50. The summed E-state index contributed by atoms with van der Waals surface area (Å²) in [6, 6.07) is 9.85. The first-order chi connectivity index (χ1) is 13.4. The SMILES string of the molecule is Cc1ccc(F)cc1C(=O)N1CCN(C(=O)c2ccccc2OC(F)F)CC1. The molecular formula is C20H19F3N2O3. The van der Waals surface area contributed by atoms with E-state index in [2.05, 4.69) is 4.74 Å². The first-order valence-electron chi connectivity index (χ1n) is 8.75. The number of ether oxygens (including phenoxy) is 1. The number of carbonyl (C=O) groups excluding carboxylic acids is 2. The predicted molar refractivity (Wildman–Crippen MR) is 96.0 cm³/mol. The van der Waals surface area contributed by atoms with Gasteiger partial charge in [-0.25, -0.2) is 4.39 Å². The number of aryl methyl sites for hydroxylation is 1. The zero-order chi connectivity index (χ0) is 20.3. The summed E-state index contributed by atoms with van der Waals surface area (Å²) in [5, 5.41) is 0. The number of benzene rings is 2. The fourth-order valence-corrected chi connectivity index (χ4v) is 3.12. The van der Waals surface area contributed by atoms with E-state index in [-0.39, 0.29) is 49.0 Å². The molecule has 0 radical (unpaired) electrons. The Morgan fingerprint density at radius 3 is 2.11 bits per heavy atom. The van der Waals surface area contributed by atoms with Crippen molar-refractivity contribution in [3.8, 4) is 5.75 Å². The van der Waals surface area contributed by atoms with E-state index in [4.69, 9.17) is 0 Å². The van der Waals surface area contributed by atoms with E-state index in [0.29, 0.717) is 5.56 Å². The second-order valence-electron chi connectivity index (χ2n) is 6.42. The van der Waals surface area contributed by atoms with Gasteiger partial charge in [0.15, 0.2) is 0 Å². The van der Waals surface area contributed by atoms with Crippen molar-refractivity contribution in [1.29, 1.82) is 0 Å². The third-order valence-electron chi connectivity index (χ3n) is 4.62. The van der Waals surface area contributed by atoms with Crippen LogP contribution in [0.1, 0.15) is 26.3 Å². The number of alkyl halides is 2. The molecule has 1 fully saturated rings. The highest BCUT2D eigenvalue weighted by Crippen LogP contribution is 2.23. The standard InChI is InChI=1S/C20H19F3N2O3/c1-13-6-7-14(21)12-16(13)19(27)25-10-8-24(9-11-25)18(26)15-4-2-3-5-17(15)28-20(22)23/h2-7,12,20H,8-11H2,1H3. The summed E-state index contributed by atoms with van der Waals surface area (Å²) in [7, 11) is 0. The molecule has 5 nitrogen and oxygen atoms in total. The van der Waals surface area contributed by atoms with Gasteiger partial charge in [0, 0.05) is 31.7 Å². The fourth-order valence-electron chi connectivity index (χ4n) is 3.12. The lowest BCUT2D eigenvalue weighted by Gasteiger charge is -2.35. The summed E-state index contributed by atoms with van der Waals surface area (Å²) in [6.45, 7) is -0.300. The first-order valence-corrected chi connectivity index (χ1v) is 8.75. The molecule has 0 spiro atoms. The maximum atomic E-state index is 13.5. The Morgan fingerprint density at radius 1 is 0.929 bits per heavy atom. The van der Waals surface area contributed by atoms with E-state index in [9.17, 15) is 22.8 Å². The Balaban J connectivity index is 1.68. The Morgan fingerprint density at radius 2 is 1.50 bits per heavy atom. The number of nitrogens with zero attached hydrogens (tertiary/aromatic N) is 2. The van der Waals surface area contributed by atoms with Crippen molar-refractivity contribution in [2.75, 3.05) is 26.2 Å². The summed E-state index contributed by atoms with van der Waals surface area (Å²) in [6.07, 6.45) is 0. The summed E-state index contributed by atoms with van der Waals surface area (Å²) in [5.41, 5.74) is 1.00. The molecule has 3 rings (SSSR count). The Bertz CT molecular complexity index is 881. The third kappa shape index (κ3) is 4.27. The quantitative estimate of drug-likeness (QED) is 0.802. The molecule has 148 valence electrons. The normalized spacial score (nSPS) is 14.3. The smallest absolute Gasteiger partial charge is 0.387 e. The molecule has 1 aliphatic rings. The molecule has 8 heteroatoms. The van der Waals surface area contributed by atoms with Crippen LogP contribution in [0.15, 0.2) is 42.5 Å². The van der Waals surface area contributed by atoms with Crippen LogP contribution in [-0.4, -0.2) is 54.4 Å². The van der Waals surface area contributed by atoms with Gasteiger partial charge in [-0.1, -0.05) is 18.2 Å². The number of para-hydroxylation sites is 1. The van der Waals surface area contributed by atoms with Gasteiger partial charge in [0.05, 0.1) is 5.56 Å². The maximum Gasteiger partial charge on any atom is 0.387 e. The number of rotatable bonds is 4. The van der Waals surface area contributed by atoms with Gasteiger partial charge in [-0.15, -0.1) is 0 Å². The van der Waals surface area contributed by atoms with Crippen LogP contribution in [0.25, 0.3) is 0 Å². The van der Waals surface area contributed by atoms with E-state index in [1.165, 1.54) is 35.2 Å². The number of hydrogen-bond acceptors (Lipinski definition) is 3. The van der Waals surface area contributed by atoms with Gasteiger partial charge >= 0.3 is 6.61 Å². The third-order valence-corrected chi connectivity index (χ3v) is 4.62. The number of piperazine rings is 1. The van der Waals surface area contributed by atoms with Crippen molar-refractivity contribution in [3.05, 3.63) is 65.0 Å². The zero-order valence-electron chi connectivity index (χ0n) is 15.2. The number of carbonyl (C=O) groups is 2. The van der Waals surface area contributed by atoms with E-state index in [1.54, 1.807) is 24.0 Å². The summed E-state index contributed by atoms with van der Waals surface area (Å²) >= 11 is 0. The topological polar surface area (TPSA) is 49.9 Å². The van der Waals surface area contributed by atoms with Gasteiger partial charge in [-0.3, -0.25) is 9.59 Å². The van der Waals surface area contributed by atoms with Crippen LogP contribution in [0, 0.1) is 12.7 Å². The van der Waals surface area contributed by atoms with Crippen molar-refractivity contribution >= 4 is 11.8 Å². The van der Waals surface area contributed by atoms with Crippen LogP contribution in [-0.2, 0) is 0 Å². The minimum Gasteiger partial charge on any atom is -0.434 e. The molecule has 0 saturated carbocycles. The van der Waals surface area contributed by atoms with Crippen molar-refractivity contribution in [2.24, 2.45) is 0 Å². The van der Waals surface area contributed by atoms with Gasteiger partial charge in [0.25, 0.3) is 11.8 Å². The van der Waals surface area contributed by atoms with Crippen molar-refractivity contribution < 1.29 is 27.5 Å². The molecule has 2 amide bonds.